The number of piperidine rings is 1. The molecule has 0 aromatic heterocycles. The van der Waals surface area contributed by atoms with Crippen LogP contribution in [0.3, 0.4) is 0 Å². The predicted octanol–water partition coefficient (Wildman–Crippen LogP) is 2.98. The second kappa shape index (κ2) is 5.50. The predicted molar refractivity (Wildman–Crippen MR) is 87.1 cm³/mol. The van der Waals surface area contributed by atoms with Gasteiger partial charge in [-0.25, -0.2) is 0 Å². The summed E-state index contributed by atoms with van der Waals surface area (Å²) in [6.45, 7) is 5.61. The molecule has 2 aliphatic heterocycles. The molecule has 0 spiro atoms. The minimum absolute atomic E-state index is 0.0412. The molecule has 1 amide bonds. The lowest BCUT2D eigenvalue weighted by Crippen LogP contribution is -2.48. The van der Waals surface area contributed by atoms with Crippen molar-refractivity contribution in [2.24, 2.45) is 5.92 Å². The van der Waals surface area contributed by atoms with Crippen molar-refractivity contribution >= 4 is 28.9 Å². The molecule has 1 saturated heterocycles. The summed E-state index contributed by atoms with van der Waals surface area (Å²) in [5.41, 5.74) is 2.82. The summed E-state index contributed by atoms with van der Waals surface area (Å²) in [5.74, 6) is 0.606. The molecule has 5 heteroatoms. The Morgan fingerprint density at radius 1 is 1.38 bits per heavy atom. The maximum atomic E-state index is 11.5. The molecule has 2 aliphatic rings. The molecule has 0 saturated carbocycles. The largest absolute Gasteiger partial charge is 0.381 e. The van der Waals surface area contributed by atoms with E-state index in [2.05, 4.69) is 36.4 Å². The van der Waals surface area contributed by atoms with Crippen molar-refractivity contribution in [3.05, 3.63) is 22.7 Å². The van der Waals surface area contributed by atoms with Crippen molar-refractivity contribution < 1.29 is 4.79 Å². The van der Waals surface area contributed by atoms with E-state index in [4.69, 9.17) is 11.6 Å². The summed E-state index contributed by atoms with van der Waals surface area (Å²) in [4.78, 5) is 13.9. The second-order valence-corrected chi connectivity index (χ2v) is 6.87. The van der Waals surface area contributed by atoms with Gasteiger partial charge in [0.15, 0.2) is 0 Å². The number of rotatable bonds is 2. The fourth-order valence-electron chi connectivity index (χ4n) is 3.30. The minimum Gasteiger partial charge on any atom is -0.381 e. The van der Waals surface area contributed by atoms with E-state index in [9.17, 15) is 4.79 Å². The van der Waals surface area contributed by atoms with Crippen LogP contribution in [-0.4, -0.2) is 36.5 Å². The van der Waals surface area contributed by atoms with Gasteiger partial charge in [-0.2, -0.15) is 0 Å². The number of carbonyl (C=O) groups excluding carboxylic acids is 1. The number of anilines is 2. The van der Waals surface area contributed by atoms with Crippen LogP contribution in [0, 0.1) is 5.92 Å². The lowest BCUT2D eigenvalue weighted by atomic mass is 9.89. The summed E-state index contributed by atoms with van der Waals surface area (Å²) >= 11 is 6.36. The van der Waals surface area contributed by atoms with E-state index in [1.807, 2.05) is 12.1 Å². The van der Waals surface area contributed by atoms with Crippen molar-refractivity contribution in [1.29, 1.82) is 0 Å². The van der Waals surface area contributed by atoms with Crippen LogP contribution in [0.4, 0.5) is 11.4 Å². The first-order valence-corrected chi connectivity index (χ1v) is 7.91. The average Bonchev–Trinajstić information content (AvgIpc) is 2.75. The number of amides is 1. The molecule has 0 aliphatic carbocycles. The lowest BCUT2D eigenvalue weighted by molar-refractivity contribution is -0.115. The van der Waals surface area contributed by atoms with Crippen molar-refractivity contribution in [3.8, 4) is 0 Å². The van der Waals surface area contributed by atoms with E-state index < -0.39 is 0 Å². The van der Waals surface area contributed by atoms with Crippen LogP contribution in [0.1, 0.15) is 25.8 Å². The minimum atomic E-state index is 0.0412. The molecule has 1 aromatic carbocycles. The Morgan fingerprint density at radius 2 is 2.14 bits per heavy atom. The number of nitrogens with one attached hydrogen (secondary N) is 2. The molecule has 1 fully saturated rings. The highest BCUT2D eigenvalue weighted by Gasteiger charge is 2.29. The quantitative estimate of drug-likeness (QED) is 0.883. The van der Waals surface area contributed by atoms with Crippen LogP contribution >= 0.6 is 11.6 Å². The Hall–Kier alpha value is -1.26. The van der Waals surface area contributed by atoms with Crippen LogP contribution in [0.15, 0.2) is 12.1 Å². The van der Waals surface area contributed by atoms with Gasteiger partial charge in [-0.05, 0) is 44.0 Å². The molecule has 114 valence electrons. The topological polar surface area (TPSA) is 44.4 Å². The van der Waals surface area contributed by atoms with E-state index in [0.29, 0.717) is 29.4 Å². The summed E-state index contributed by atoms with van der Waals surface area (Å²) in [6, 6.07) is 4.85. The van der Waals surface area contributed by atoms with Gasteiger partial charge >= 0.3 is 0 Å². The SMILES string of the molecule is CC1CN(C)C(C)CC1Nc1cc2c(cc1Cl)NC(=O)C2. The second-order valence-electron chi connectivity index (χ2n) is 6.47. The zero-order chi connectivity index (χ0) is 15.1. The number of halogens is 1. The molecular weight excluding hydrogens is 286 g/mol. The van der Waals surface area contributed by atoms with E-state index in [1.54, 1.807) is 0 Å². The normalized spacial score (nSPS) is 29.1. The van der Waals surface area contributed by atoms with Crippen LogP contribution in [0.25, 0.3) is 0 Å². The van der Waals surface area contributed by atoms with Crippen molar-refractivity contribution in [3.63, 3.8) is 0 Å². The van der Waals surface area contributed by atoms with Crippen LogP contribution in [-0.2, 0) is 11.2 Å². The molecule has 1 aromatic rings. The van der Waals surface area contributed by atoms with Crippen LogP contribution in [0.2, 0.25) is 5.02 Å². The molecule has 21 heavy (non-hydrogen) atoms. The summed E-state index contributed by atoms with van der Waals surface area (Å²) in [6.07, 6.45) is 1.54. The molecule has 3 rings (SSSR count). The van der Waals surface area contributed by atoms with Gasteiger partial charge in [-0.15, -0.1) is 0 Å². The van der Waals surface area contributed by atoms with Gasteiger partial charge in [0.25, 0.3) is 0 Å². The standard InChI is InChI=1S/C16H22ClN3O/c1-9-8-20(3)10(2)4-13(9)18-15-5-11-6-16(21)19-14(11)7-12(15)17/h5,7,9-10,13,18H,4,6,8H2,1-3H3,(H,19,21). The van der Waals surface area contributed by atoms with E-state index in [0.717, 1.165) is 29.9 Å². The fraction of sp³-hybridized carbons (Fsp3) is 0.562. The number of hydrogen-bond acceptors (Lipinski definition) is 3. The number of benzene rings is 1. The Kier molecular flexibility index (Phi) is 3.84. The summed E-state index contributed by atoms with van der Waals surface area (Å²) in [7, 11) is 2.18. The molecule has 4 nitrogen and oxygen atoms in total. The van der Waals surface area contributed by atoms with Crippen molar-refractivity contribution in [2.75, 3.05) is 24.2 Å². The monoisotopic (exact) mass is 307 g/mol. The van der Waals surface area contributed by atoms with Gasteiger partial charge in [0.2, 0.25) is 5.91 Å². The van der Waals surface area contributed by atoms with Crippen LogP contribution in [0.5, 0.6) is 0 Å². The number of fused-ring (bicyclic) bond motifs is 1. The van der Waals surface area contributed by atoms with Gasteiger partial charge < -0.3 is 15.5 Å². The third kappa shape index (κ3) is 2.87. The summed E-state index contributed by atoms with van der Waals surface area (Å²) in [5, 5.41) is 7.11. The number of nitrogens with zero attached hydrogens (tertiary/aromatic N) is 1. The highest BCUT2D eigenvalue weighted by Crippen LogP contribution is 2.34. The Morgan fingerprint density at radius 3 is 2.90 bits per heavy atom. The third-order valence-electron chi connectivity index (χ3n) is 4.77. The maximum absolute atomic E-state index is 11.5. The van der Waals surface area contributed by atoms with E-state index >= 15 is 0 Å². The van der Waals surface area contributed by atoms with Crippen molar-refractivity contribution in [1.82, 2.24) is 4.90 Å². The smallest absolute Gasteiger partial charge is 0.228 e. The number of hydrogen-bond donors (Lipinski definition) is 2. The maximum Gasteiger partial charge on any atom is 0.228 e. The first kappa shape index (κ1) is 14.7. The molecule has 3 atom stereocenters. The van der Waals surface area contributed by atoms with Crippen molar-refractivity contribution in [2.45, 2.75) is 38.8 Å². The fourth-order valence-corrected chi connectivity index (χ4v) is 3.52. The first-order valence-electron chi connectivity index (χ1n) is 7.53. The molecule has 3 unspecified atom stereocenters. The van der Waals surface area contributed by atoms with Gasteiger partial charge in [-0.3, -0.25) is 4.79 Å². The molecule has 2 N–H and O–H groups in total. The molecule has 0 bridgehead atoms. The van der Waals surface area contributed by atoms with Gasteiger partial charge in [0.05, 0.1) is 17.1 Å². The lowest BCUT2D eigenvalue weighted by Gasteiger charge is -2.40. The highest BCUT2D eigenvalue weighted by atomic mass is 35.5. The zero-order valence-corrected chi connectivity index (χ0v) is 13.5. The Bertz CT molecular complexity index is 575. The molecule has 0 radical (unpaired) electrons. The van der Waals surface area contributed by atoms with Gasteiger partial charge in [0.1, 0.15) is 0 Å². The van der Waals surface area contributed by atoms with Crippen LogP contribution < -0.4 is 10.6 Å². The Balaban J connectivity index is 1.79. The third-order valence-corrected chi connectivity index (χ3v) is 5.08. The molecular formula is C16H22ClN3O. The number of carbonyl (C=O) groups is 1. The van der Waals surface area contributed by atoms with Gasteiger partial charge in [-0.1, -0.05) is 18.5 Å². The van der Waals surface area contributed by atoms with Gasteiger partial charge in [0, 0.05) is 24.3 Å². The first-order chi connectivity index (χ1) is 9.94. The van der Waals surface area contributed by atoms with E-state index in [1.165, 1.54) is 0 Å². The average molecular weight is 308 g/mol. The Labute approximate surface area is 130 Å². The van der Waals surface area contributed by atoms with E-state index in [-0.39, 0.29) is 5.91 Å². The summed E-state index contributed by atoms with van der Waals surface area (Å²) < 4.78 is 0. The molecule has 2 heterocycles. The highest BCUT2D eigenvalue weighted by molar-refractivity contribution is 6.33. The zero-order valence-electron chi connectivity index (χ0n) is 12.7. The number of likely N-dealkylation sites (tertiary alicyclic amines) is 1.